The summed E-state index contributed by atoms with van der Waals surface area (Å²) in [5.41, 5.74) is 3.53. The molecule has 32 heavy (non-hydrogen) atoms. The number of carbonyl (C=O) groups is 2. The molecule has 0 radical (unpaired) electrons. The monoisotopic (exact) mass is 432 g/mol. The summed E-state index contributed by atoms with van der Waals surface area (Å²) in [4.78, 5) is 25.9. The van der Waals surface area contributed by atoms with Crippen LogP contribution in [0.2, 0.25) is 0 Å². The molecule has 0 saturated heterocycles. The predicted octanol–water partition coefficient (Wildman–Crippen LogP) is 3.80. The van der Waals surface area contributed by atoms with Crippen LogP contribution < -0.4 is 10.1 Å². The van der Waals surface area contributed by atoms with E-state index in [4.69, 9.17) is 9.47 Å². The van der Waals surface area contributed by atoms with Gasteiger partial charge in [-0.1, -0.05) is 66.7 Å². The Morgan fingerprint density at radius 2 is 1.47 bits per heavy atom. The van der Waals surface area contributed by atoms with E-state index in [-0.39, 0.29) is 18.4 Å². The van der Waals surface area contributed by atoms with Crippen molar-refractivity contribution in [2.45, 2.75) is 19.8 Å². The Morgan fingerprint density at radius 3 is 2.25 bits per heavy atom. The quantitative estimate of drug-likeness (QED) is 0.529. The second-order valence-electron chi connectivity index (χ2n) is 7.55. The minimum Gasteiger partial charge on any atom is -0.483 e. The Morgan fingerprint density at radius 1 is 0.812 bits per heavy atom. The summed E-state index contributed by atoms with van der Waals surface area (Å²) >= 11 is 0. The van der Waals surface area contributed by atoms with E-state index in [2.05, 4.69) is 5.32 Å². The highest BCUT2D eigenvalue weighted by atomic mass is 16.5. The second-order valence-corrected chi connectivity index (χ2v) is 7.55. The number of para-hydroxylation sites is 1. The summed E-state index contributed by atoms with van der Waals surface area (Å²) < 4.78 is 11.4. The molecule has 0 bridgehead atoms. The van der Waals surface area contributed by atoms with E-state index < -0.39 is 0 Å². The van der Waals surface area contributed by atoms with Gasteiger partial charge in [0.05, 0.1) is 18.8 Å². The Bertz CT molecular complexity index is 1030. The zero-order valence-corrected chi connectivity index (χ0v) is 18.4. The molecular weight excluding hydrogens is 404 g/mol. The molecule has 0 heterocycles. The molecule has 0 aliphatic heterocycles. The zero-order valence-electron chi connectivity index (χ0n) is 18.4. The van der Waals surface area contributed by atoms with Gasteiger partial charge in [0, 0.05) is 20.6 Å². The number of benzene rings is 3. The van der Waals surface area contributed by atoms with E-state index in [0.717, 1.165) is 16.7 Å². The number of amides is 2. The van der Waals surface area contributed by atoms with Crippen LogP contribution in [0.15, 0.2) is 78.9 Å². The minimum absolute atomic E-state index is 0.123. The van der Waals surface area contributed by atoms with Gasteiger partial charge in [-0.25, -0.2) is 0 Å². The summed E-state index contributed by atoms with van der Waals surface area (Å²) in [7, 11) is 3.32. The largest absolute Gasteiger partial charge is 0.483 e. The van der Waals surface area contributed by atoms with Gasteiger partial charge < -0.3 is 19.7 Å². The van der Waals surface area contributed by atoms with E-state index in [0.29, 0.717) is 31.1 Å². The Balaban J connectivity index is 1.54. The number of carbonyl (C=O) groups excluding carboxylic acids is 2. The van der Waals surface area contributed by atoms with Crippen molar-refractivity contribution in [3.8, 4) is 5.75 Å². The smallest absolute Gasteiger partial charge is 0.259 e. The molecule has 0 aliphatic carbocycles. The first-order chi connectivity index (χ1) is 15.5. The first-order valence-corrected chi connectivity index (χ1v) is 10.4. The van der Waals surface area contributed by atoms with Crippen LogP contribution in [-0.2, 0) is 29.3 Å². The fourth-order valence-electron chi connectivity index (χ4n) is 3.02. The maximum atomic E-state index is 12.7. The summed E-state index contributed by atoms with van der Waals surface area (Å²) in [6.07, 6.45) is 0. The lowest BCUT2D eigenvalue weighted by atomic mass is 10.1. The number of ether oxygens (including phenoxy) is 2. The lowest BCUT2D eigenvalue weighted by Gasteiger charge is -2.14. The molecule has 166 valence electrons. The van der Waals surface area contributed by atoms with Crippen molar-refractivity contribution in [2.24, 2.45) is 0 Å². The Hall–Kier alpha value is -3.64. The molecule has 0 aliphatic rings. The van der Waals surface area contributed by atoms with Crippen molar-refractivity contribution in [2.75, 3.05) is 20.7 Å². The van der Waals surface area contributed by atoms with Gasteiger partial charge in [-0.15, -0.1) is 0 Å². The van der Waals surface area contributed by atoms with Crippen LogP contribution >= 0.6 is 0 Å². The number of hydrogen-bond acceptors (Lipinski definition) is 4. The molecule has 0 aromatic heterocycles. The van der Waals surface area contributed by atoms with E-state index in [1.807, 2.05) is 54.6 Å². The van der Waals surface area contributed by atoms with Crippen molar-refractivity contribution in [3.05, 3.63) is 101 Å². The maximum Gasteiger partial charge on any atom is 0.259 e. The number of nitrogens with one attached hydrogen (secondary N) is 1. The topological polar surface area (TPSA) is 67.9 Å². The average molecular weight is 433 g/mol. The standard InChI is InChI=1S/C26H28N2O4/c1-28(2)25(29)19-32-24-14-7-6-13-23(24)26(30)27-16-21-11-8-12-22(15-21)18-31-17-20-9-4-3-5-10-20/h3-15H,16-19H2,1-2H3,(H,27,30). The van der Waals surface area contributed by atoms with Gasteiger partial charge >= 0.3 is 0 Å². The van der Waals surface area contributed by atoms with Crippen LogP contribution in [-0.4, -0.2) is 37.4 Å². The third-order valence-electron chi connectivity index (χ3n) is 4.81. The molecular formula is C26H28N2O4. The summed E-state index contributed by atoms with van der Waals surface area (Å²) in [6, 6.07) is 24.8. The van der Waals surface area contributed by atoms with Gasteiger partial charge in [-0.3, -0.25) is 9.59 Å². The van der Waals surface area contributed by atoms with Gasteiger partial charge in [-0.05, 0) is 28.8 Å². The molecule has 3 rings (SSSR count). The molecule has 0 atom stereocenters. The van der Waals surface area contributed by atoms with Crippen molar-refractivity contribution >= 4 is 11.8 Å². The maximum absolute atomic E-state index is 12.7. The number of nitrogens with zero attached hydrogens (tertiary/aromatic N) is 1. The summed E-state index contributed by atoms with van der Waals surface area (Å²) in [6.45, 7) is 1.29. The number of rotatable bonds is 10. The number of hydrogen-bond donors (Lipinski definition) is 1. The van der Waals surface area contributed by atoms with Gasteiger partial charge in [0.15, 0.2) is 6.61 Å². The lowest BCUT2D eigenvalue weighted by Crippen LogP contribution is -2.28. The summed E-state index contributed by atoms with van der Waals surface area (Å²) in [5.74, 6) is -0.0570. The van der Waals surface area contributed by atoms with Gasteiger partial charge in [0.2, 0.25) is 0 Å². The normalized spacial score (nSPS) is 10.4. The number of likely N-dealkylation sites (N-methyl/N-ethyl adjacent to an activating group) is 1. The second kappa shape index (κ2) is 11.7. The molecule has 6 nitrogen and oxygen atoms in total. The average Bonchev–Trinajstić information content (AvgIpc) is 2.82. The van der Waals surface area contributed by atoms with E-state index in [1.165, 1.54) is 4.90 Å². The van der Waals surface area contributed by atoms with Crippen LogP contribution in [0.25, 0.3) is 0 Å². The third-order valence-corrected chi connectivity index (χ3v) is 4.81. The molecule has 0 spiro atoms. The van der Waals surface area contributed by atoms with Crippen LogP contribution in [0.1, 0.15) is 27.0 Å². The Labute approximate surface area is 188 Å². The molecule has 1 N–H and O–H groups in total. The van der Waals surface area contributed by atoms with Crippen molar-refractivity contribution in [1.29, 1.82) is 0 Å². The molecule has 3 aromatic carbocycles. The van der Waals surface area contributed by atoms with Crippen molar-refractivity contribution in [3.63, 3.8) is 0 Å². The zero-order chi connectivity index (χ0) is 22.8. The van der Waals surface area contributed by atoms with E-state index in [9.17, 15) is 9.59 Å². The molecule has 2 amide bonds. The molecule has 0 saturated carbocycles. The van der Waals surface area contributed by atoms with Crippen LogP contribution in [0, 0.1) is 0 Å². The van der Waals surface area contributed by atoms with Crippen molar-refractivity contribution in [1.82, 2.24) is 10.2 Å². The molecule has 3 aromatic rings. The van der Waals surface area contributed by atoms with E-state index in [1.54, 1.807) is 38.4 Å². The SMILES string of the molecule is CN(C)C(=O)COc1ccccc1C(=O)NCc1cccc(COCc2ccccc2)c1. The van der Waals surface area contributed by atoms with E-state index >= 15 is 0 Å². The van der Waals surface area contributed by atoms with Gasteiger partial charge in [-0.2, -0.15) is 0 Å². The molecule has 0 unspecified atom stereocenters. The molecule has 0 fully saturated rings. The third kappa shape index (κ3) is 6.96. The summed E-state index contributed by atoms with van der Waals surface area (Å²) in [5, 5.41) is 2.92. The molecule has 6 heteroatoms. The van der Waals surface area contributed by atoms with Gasteiger partial charge in [0.1, 0.15) is 5.75 Å². The highest BCUT2D eigenvalue weighted by Gasteiger charge is 2.14. The highest BCUT2D eigenvalue weighted by Crippen LogP contribution is 2.18. The first kappa shape index (κ1) is 23.0. The highest BCUT2D eigenvalue weighted by molar-refractivity contribution is 5.97. The Kier molecular flexibility index (Phi) is 8.40. The van der Waals surface area contributed by atoms with Gasteiger partial charge in [0.25, 0.3) is 11.8 Å². The first-order valence-electron chi connectivity index (χ1n) is 10.4. The van der Waals surface area contributed by atoms with Crippen LogP contribution in [0.5, 0.6) is 5.75 Å². The van der Waals surface area contributed by atoms with Crippen molar-refractivity contribution < 1.29 is 19.1 Å². The fraction of sp³-hybridized carbons (Fsp3) is 0.231. The lowest BCUT2D eigenvalue weighted by molar-refractivity contribution is -0.130. The van der Waals surface area contributed by atoms with Crippen LogP contribution in [0.3, 0.4) is 0 Å². The predicted molar refractivity (Wildman–Crippen MR) is 123 cm³/mol. The minimum atomic E-state index is -0.261. The van der Waals surface area contributed by atoms with Crippen LogP contribution in [0.4, 0.5) is 0 Å². The fourth-order valence-corrected chi connectivity index (χ4v) is 3.02.